The van der Waals surface area contributed by atoms with Gasteiger partial charge in [-0.15, -0.1) is 0 Å². The van der Waals surface area contributed by atoms with Crippen molar-refractivity contribution in [3.63, 3.8) is 0 Å². The summed E-state index contributed by atoms with van der Waals surface area (Å²) >= 11 is 0. The van der Waals surface area contributed by atoms with Gasteiger partial charge < -0.3 is 19.8 Å². The van der Waals surface area contributed by atoms with Crippen LogP contribution in [-0.2, 0) is 14.8 Å². The number of nitrogens with one attached hydrogen (secondary N) is 1. The number of rotatable bonds is 6. The summed E-state index contributed by atoms with van der Waals surface area (Å²) in [5.41, 5.74) is 0. The lowest BCUT2D eigenvalue weighted by atomic mass is 10.0. The van der Waals surface area contributed by atoms with Crippen molar-refractivity contribution in [2.24, 2.45) is 0 Å². The van der Waals surface area contributed by atoms with Crippen molar-refractivity contribution in [2.45, 2.75) is 24.4 Å². The predicted octanol–water partition coefficient (Wildman–Crippen LogP) is -1.76. The van der Waals surface area contributed by atoms with E-state index in [0.717, 1.165) is 25.2 Å². The van der Waals surface area contributed by atoms with Crippen molar-refractivity contribution >= 4 is 15.8 Å². The first-order valence-electron chi connectivity index (χ1n) is 8.68. The van der Waals surface area contributed by atoms with Gasteiger partial charge in [-0.2, -0.15) is 0 Å². The van der Waals surface area contributed by atoms with Crippen LogP contribution < -0.4 is 9.62 Å². The Morgan fingerprint density at radius 1 is 1.27 bits per heavy atom. The van der Waals surface area contributed by atoms with Crippen LogP contribution in [-0.4, -0.2) is 98.5 Å². The van der Waals surface area contributed by atoms with Gasteiger partial charge in [0, 0.05) is 38.9 Å². The molecular formula is C16H26N4O5S. The molecule has 2 aliphatic rings. The monoisotopic (exact) mass is 386 g/mol. The Morgan fingerprint density at radius 3 is 2.58 bits per heavy atom. The van der Waals surface area contributed by atoms with Crippen molar-refractivity contribution in [1.82, 2.24) is 14.6 Å². The van der Waals surface area contributed by atoms with Gasteiger partial charge in [-0.25, -0.2) is 18.1 Å². The highest BCUT2D eigenvalue weighted by Gasteiger charge is 2.46. The summed E-state index contributed by atoms with van der Waals surface area (Å²) in [6.45, 7) is 2.63. The summed E-state index contributed by atoms with van der Waals surface area (Å²) in [5, 5.41) is 20.0. The van der Waals surface area contributed by atoms with Crippen LogP contribution >= 0.6 is 0 Å². The smallest absolute Gasteiger partial charge is 0.208 e. The van der Waals surface area contributed by atoms with E-state index in [0.29, 0.717) is 13.1 Å². The Hall–Kier alpha value is -1.30. The summed E-state index contributed by atoms with van der Waals surface area (Å²) in [6.07, 6.45) is 0.753. The number of hydrogen-bond acceptors (Lipinski definition) is 8. The number of sulfonamides is 1. The van der Waals surface area contributed by atoms with Crippen molar-refractivity contribution in [3.8, 4) is 0 Å². The second-order valence-electron chi connectivity index (χ2n) is 6.71. The molecule has 2 fully saturated rings. The Labute approximate surface area is 153 Å². The topological polar surface area (TPSA) is 115 Å². The number of hydrogen-bond donors (Lipinski definition) is 3. The molecule has 2 saturated heterocycles. The zero-order valence-corrected chi connectivity index (χ0v) is 15.5. The molecule has 146 valence electrons. The molecule has 0 saturated carbocycles. The predicted molar refractivity (Wildman–Crippen MR) is 96.4 cm³/mol. The fourth-order valence-corrected chi connectivity index (χ4v) is 4.09. The third kappa shape index (κ3) is 4.51. The molecule has 0 amide bonds. The maximum Gasteiger partial charge on any atom is 0.208 e. The summed E-state index contributed by atoms with van der Waals surface area (Å²) in [6, 6.07) is 5.42. The maximum atomic E-state index is 11.4. The van der Waals surface area contributed by atoms with Crippen LogP contribution in [0.5, 0.6) is 0 Å². The van der Waals surface area contributed by atoms with E-state index in [1.807, 2.05) is 18.2 Å². The van der Waals surface area contributed by atoms with Crippen LogP contribution in [0, 0.1) is 0 Å². The first kappa shape index (κ1) is 19.5. The molecule has 26 heavy (non-hydrogen) atoms. The second-order valence-corrected chi connectivity index (χ2v) is 8.54. The zero-order valence-electron chi connectivity index (χ0n) is 14.7. The van der Waals surface area contributed by atoms with E-state index in [-0.39, 0.29) is 19.2 Å². The third-order valence-corrected chi connectivity index (χ3v) is 5.59. The van der Waals surface area contributed by atoms with Gasteiger partial charge in [-0.1, -0.05) is 6.07 Å². The Bertz CT molecular complexity index is 681. The molecule has 0 aromatic carbocycles. The molecule has 4 unspecified atom stereocenters. The lowest BCUT2D eigenvalue weighted by molar-refractivity contribution is -0.0201. The molecule has 3 N–H and O–H groups in total. The van der Waals surface area contributed by atoms with Gasteiger partial charge in [-0.05, 0) is 12.1 Å². The average Bonchev–Trinajstić information content (AvgIpc) is 2.96. The molecule has 1 aromatic rings. The molecule has 0 spiro atoms. The van der Waals surface area contributed by atoms with Gasteiger partial charge in [-0.3, -0.25) is 4.90 Å². The minimum absolute atomic E-state index is 0.0670. The minimum atomic E-state index is -3.36. The lowest BCUT2D eigenvalue weighted by Gasteiger charge is -2.40. The van der Waals surface area contributed by atoms with Gasteiger partial charge in [0.2, 0.25) is 10.0 Å². The Kier molecular flexibility index (Phi) is 6.10. The average molecular weight is 386 g/mol. The number of ether oxygens (including phenoxy) is 1. The minimum Gasteiger partial charge on any atom is -0.394 e. The zero-order chi connectivity index (χ0) is 18.7. The first-order valence-corrected chi connectivity index (χ1v) is 10.6. The molecule has 3 heterocycles. The van der Waals surface area contributed by atoms with Crippen LogP contribution in [0.2, 0.25) is 0 Å². The molecule has 0 radical (unpaired) electrons. The quantitative estimate of drug-likeness (QED) is 0.527. The molecule has 0 aliphatic carbocycles. The van der Waals surface area contributed by atoms with Crippen molar-refractivity contribution in [1.29, 1.82) is 0 Å². The number of aliphatic hydroxyl groups is 2. The molecule has 3 rings (SSSR count). The first-order chi connectivity index (χ1) is 12.4. The fourth-order valence-electron chi connectivity index (χ4n) is 3.62. The number of anilines is 1. The van der Waals surface area contributed by atoms with Gasteiger partial charge in [0.1, 0.15) is 18.0 Å². The summed E-state index contributed by atoms with van der Waals surface area (Å²) in [7, 11) is -3.36. The normalized spacial score (nSPS) is 30.7. The second kappa shape index (κ2) is 8.15. The van der Waals surface area contributed by atoms with E-state index in [1.165, 1.54) is 0 Å². The molecule has 2 aliphatic heterocycles. The summed E-state index contributed by atoms with van der Waals surface area (Å²) < 4.78 is 30.9. The van der Waals surface area contributed by atoms with E-state index in [1.54, 1.807) is 6.20 Å². The molecular weight excluding hydrogens is 360 g/mol. The molecule has 4 atom stereocenters. The number of nitrogens with zero attached hydrogens (tertiary/aromatic N) is 3. The van der Waals surface area contributed by atoms with Crippen molar-refractivity contribution in [3.05, 3.63) is 24.4 Å². The molecule has 10 heteroatoms. The van der Waals surface area contributed by atoms with Crippen LogP contribution in [0.15, 0.2) is 24.4 Å². The third-order valence-electron chi connectivity index (χ3n) is 4.90. The maximum absolute atomic E-state index is 11.4. The summed E-state index contributed by atoms with van der Waals surface area (Å²) in [4.78, 5) is 8.64. The van der Waals surface area contributed by atoms with Gasteiger partial charge >= 0.3 is 0 Å². The SMILES string of the molecule is CS(=O)(=O)NCC1OC(CO)C(O)C1N1CCN(c2ccccn2)CC1. The van der Waals surface area contributed by atoms with Crippen LogP contribution in [0.1, 0.15) is 0 Å². The number of aromatic nitrogens is 1. The van der Waals surface area contributed by atoms with E-state index < -0.39 is 28.3 Å². The van der Waals surface area contributed by atoms with Crippen molar-refractivity contribution in [2.75, 3.05) is 50.5 Å². The number of pyridine rings is 1. The van der Waals surface area contributed by atoms with E-state index in [9.17, 15) is 18.6 Å². The highest BCUT2D eigenvalue weighted by molar-refractivity contribution is 7.88. The standard InChI is InChI=1S/C16H26N4O5S/c1-26(23,24)18-10-12-15(16(22)13(11-21)25-12)20-8-6-19(7-9-20)14-4-2-3-5-17-14/h2-5,12-13,15-16,18,21-22H,6-11H2,1H3. The number of piperazine rings is 1. The lowest BCUT2D eigenvalue weighted by Crippen LogP contribution is -2.57. The van der Waals surface area contributed by atoms with E-state index in [2.05, 4.69) is 19.5 Å². The highest BCUT2D eigenvalue weighted by Crippen LogP contribution is 2.27. The molecule has 1 aromatic heterocycles. The fraction of sp³-hybridized carbons (Fsp3) is 0.688. The van der Waals surface area contributed by atoms with Crippen LogP contribution in [0.3, 0.4) is 0 Å². The van der Waals surface area contributed by atoms with E-state index >= 15 is 0 Å². The molecule has 0 bridgehead atoms. The van der Waals surface area contributed by atoms with Crippen molar-refractivity contribution < 1.29 is 23.4 Å². The van der Waals surface area contributed by atoms with E-state index in [4.69, 9.17) is 4.74 Å². The Morgan fingerprint density at radius 2 is 2.00 bits per heavy atom. The highest BCUT2D eigenvalue weighted by atomic mass is 32.2. The van der Waals surface area contributed by atoms with Crippen LogP contribution in [0.25, 0.3) is 0 Å². The van der Waals surface area contributed by atoms with Crippen LogP contribution in [0.4, 0.5) is 5.82 Å². The summed E-state index contributed by atoms with van der Waals surface area (Å²) in [5.74, 6) is 0.916. The number of aliphatic hydroxyl groups excluding tert-OH is 2. The van der Waals surface area contributed by atoms with Gasteiger partial charge in [0.25, 0.3) is 0 Å². The Balaban J connectivity index is 1.65. The van der Waals surface area contributed by atoms with Gasteiger partial charge in [0.15, 0.2) is 0 Å². The largest absolute Gasteiger partial charge is 0.394 e. The van der Waals surface area contributed by atoms with Gasteiger partial charge in [0.05, 0.1) is 25.0 Å². The molecule has 9 nitrogen and oxygen atoms in total.